The molecule has 0 aromatic heterocycles. The number of nitrogens with one attached hydrogen (secondary N) is 1. The van der Waals surface area contributed by atoms with Crippen molar-refractivity contribution in [2.24, 2.45) is 11.7 Å². The van der Waals surface area contributed by atoms with Gasteiger partial charge in [0.25, 0.3) is 0 Å². The second kappa shape index (κ2) is 4.98. The van der Waals surface area contributed by atoms with E-state index in [4.69, 9.17) is 5.73 Å². The van der Waals surface area contributed by atoms with E-state index in [9.17, 15) is 4.39 Å². The van der Waals surface area contributed by atoms with Crippen LogP contribution in [0.15, 0.2) is 24.3 Å². The average molecular weight is 248 g/mol. The molecule has 0 spiro atoms. The normalized spacial score (nSPS) is 32.4. The molecule has 2 bridgehead atoms. The number of benzene rings is 1. The lowest BCUT2D eigenvalue weighted by Gasteiger charge is -2.33. The van der Waals surface area contributed by atoms with Crippen LogP contribution in [0.2, 0.25) is 0 Å². The van der Waals surface area contributed by atoms with Crippen molar-refractivity contribution in [3.05, 3.63) is 35.6 Å². The molecule has 0 saturated carbocycles. The van der Waals surface area contributed by atoms with E-state index in [-0.39, 0.29) is 11.9 Å². The van der Waals surface area contributed by atoms with Crippen molar-refractivity contribution in [3.8, 4) is 0 Å². The quantitative estimate of drug-likeness (QED) is 0.861. The Balaban J connectivity index is 1.65. The standard InChI is InChI=1S/C15H21FN2/c16-14-4-2-1-3-10(14)9-15(17)11-7-12-5-6-13(8-11)18-12/h1-4,11-13,15,18H,5-9,17H2. The van der Waals surface area contributed by atoms with Crippen LogP contribution in [-0.2, 0) is 6.42 Å². The Morgan fingerprint density at radius 3 is 2.56 bits per heavy atom. The zero-order valence-electron chi connectivity index (χ0n) is 10.6. The summed E-state index contributed by atoms with van der Waals surface area (Å²) in [6.45, 7) is 0. The summed E-state index contributed by atoms with van der Waals surface area (Å²) in [6.07, 6.45) is 5.55. The second-order valence-corrected chi connectivity index (χ2v) is 5.83. The Bertz CT molecular complexity index is 409. The summed E-state index contributed by atoms with van der Waals surface area (Å²) in [5, 5.41) is 3.62. The van der Waals surface area contributed by atoms with Crippen LogP contribution in [0.5, 0.6) is 0 Å². The fourth-order valence-electron chi connectivity index (χ4n) is 3.54. The van der Waals surface area contributed by atoms with Gasteiger partial charge >= 0.3 is 0 Å². The zero-order chi connectivity index (χ0) is 12.5. The molecular formula is C15H21FN2. The maximum Gasteiger partial charge on any atom is 0.126 e. The summed E-state index contributed by atoms with van der Waals surface area (Å²) < 4.78 is 13.6. The van der Waals surface area contributed by atoms with Crippen LogP contribution in [0.1, 0.15) is 31.2 Å². The highest BCUT2D eigenvalue weighted by Crippen LogP contribution is 2.33. The molecule has 3 rings (SSSR count). The minimum atomic E-state index is -0.121. The van der Waals surface area contributed by atoms with Crippen LogP contribution >= 0.6 is 0 Å². The summed E-state index contributed by atoms with van der Waals surface area (Å²) in [7, 11) is 0. The lowest BCUT2D eigenvalue weighted by Crippen LogP contribution is -2.45. The Kier molecular flexibility index (Phi) is 3.35. The van der Waals surface area contributed by atoms with Gasteiger partial charge in [-0.3, -0.25) is 0 Å². The van der Waals surface area contributed by atoms with E-state index in [0.29, 0.717) is 24.4 Å². The molecule has 0 aliphatic carbocycles. The van der Waals surface area contributed by atoms with Crippen molar-refractivity contribution >= 4 is 0 Å². The van der Waals surface area contributed by atoms with Crippen molar-refractivity contribution in [1.29, 1.82) is 0 Å². The monoisotopic (exact) mass is 248 g/mol. The van der Waals surface area contributed by atoms with Gasteiger partial charge in [-0.15, -0.1) is 0 Å². The van der Waals surface area contributed by atoms with Crippen molar-refractivity contribution in [2.45, 2.75) is 50.2 Å². The Morgan fingerprint density at radius 1 is 1.22 bits per heavy atom. The van der Waals surface area contributed by atoms with E-state index in [1.807, 2.05) is 12.1 Å². The number of hydrogen-bond donors (Lipinski definition) is 2. The molecule has 98 valence electrons. The fourth-order valence-corrected chi connectivity index (χ4v) is 3.54. The van der Waals surface area contributed by atoms with Crippen molar-refractivity contribution in [1.82, 2.24) is 5.32 Å². The predicted molar refractivity (Wildman–Crippen MR) is 70.7 cm³/mol. The van der Waals surface area contributed by atoms with Crippen LogP contribution < -0.4 is 11.1 Å². The van der Waals surface area contributed by atoms with Gasteiger partial charge in [-0.1, -0.05) is 18.2 Å². The Labute approximate surface area is 108 Å². The first-order valence-corrected chi connectivity index (χ1v) is 6.97. The molecule has 2 saturated heterocycles. The van der Waals surface area contributed by atoms with Gasteiger partial charge in [0, 0.05) is 18.1 Å². The molecule has 18 heavy (non-hydrogen) atoms. The molecule has 3 heteroatoms. The number of halogens is 1. The lowest BCUT2D eigenvalue weighted by molar-refractivity contribution is 0.259. The first-order chi connectivity index (χ1) is 8.72. The van der Waals surface area contributed by atoms with Gasteiger partial charge in [-0.25, -0.2) is 4.39 Å². The zero-order valence-corrected chi connectivity index (χ0v) is 10.6. The predicted octanol–water partition coefficient (Wildman–Crippen LogP) is 2.23. The smallest absolute Gasteiger partial charge is 0.126 e. The Morgan fingerprint density at radius 2 is 1.89 bits per heavy atom. The summed E-state index contributed by atoms with van der Waals surface area (Å²) >= 11 is 0. The third-order valence-electron chi connectivity index (χ3n) is 4.53. The van der Waals surface area contributed by atoms with Crippen LogP contribution in [0.3, 0.4) is 0 Å². The van der Waals surface area contributed by atoms with E-state index in [2.05, 4.69) is 5.32 Å². The van der Waals surface area contributed by atoms with Gasteiger partial charge in [-0.05, 0) is 49.7 Å². The van der Waals surface area contributed by atoms with Gasteiger partial charge in [-0.2, -0.15) is 0 Å². The highest BCUT2D eigenvalue weighted by atomic mass is 19.1. The molecule has 2 fully saturated rings. The molecule has 2 aliphatic rings. The van der Waals surface area contributed by atoms with Crippen LogP contribution in [0.4, 0.5) is 4.39 Å². The number of hydrogen-bond acceptors (Lipinski definition) is 2. The van der Waals surface area contributed by atoms with E-state index >= 15 is 0 Å². The minimum Gasteiger partial charge on any atom is -0.327 e. The summed E-state index contributed by atoms with van der Waals surface area (Å²) in [6, 6.07) is 8.39. The SMILES string of the molecule is NC(Cc1ccccc1F)C1CC2CCC(C1)N2. The third-order valence-corrected chi connectivity index (χ3v) is 4.53. The molecule has 2 heterocycles. The van der Waals surface area contributed by atoms with Gasteiger partial charge in [0.2, 0.25) is 0 Å². The highest BCUT2D eigenvalue weighted by molar-refractivity contribution is 5.18. The molecular weight excluding hydrogens is 227 g/mol. The molecule has 3 unspecified atom stereocenters. The second-order valence-electron chi connectivity index (χ2n) is 5.83. The van der Waals surface area contributed by atoms with Crippen molar-refractivity contribution < 1.29 is 4.39 Å². The van der Waals surface area contributed by atoms with Gasteiger partial charge in [0.1, 0.15) is 5.82 Å². The molecule has 3 N–H and O–H groups in total. The van der Waals surface area contributed by atoms with Crippen molar-refractivity contribution in [3.63, 3.8) is 0 Å². The van der Waals surface area contributed by atoms with Crippen LogP contribution in [-0.4, -0.2) is 18.1 Å². The van der Waals surface area contributed by atoms with Crippen LogP contribution in [0.25, 0.3) is 0 Å². The summed E-state index contributed by atoms with van der Waals surface area (Å²) in [4.78, 5) is 0. The molecule has 2 aliphatic heterocycles. The van der Waals surface area contributed by atoms with E-state index in [1.54, 1.807) is 6.07 Å². The Hall–Kier alpha value is -0.930. The number of piperidine rings is 1. The fraction of sp³-hybridized carbons (Fsp3) is 0.600. The van der Waals surface area contributed by atoms with E-state index < -0.39 is 0 Å². The van der Waals surface area contributed by atoms with Gasteiger partial charge in [0.05, 0.1) is 0 Å². The van der Waals surface area contributed by atoms with Crippen molar-refractivity contribution in [2.75, 3.05) is 0 Å². The molecule has 0 radical (unpaired) electrons. The first-order valence-electron chi connectivity index (χ1n) is 6.97. The van der Waals surface area contributed by atoms with E-state index in [0.717, 1.165) is 18.4 Å². The van der Waals surface area contributed by atoms with Gasteiger partial charge < -0.3 is 11.1 Å². The number of nitrogens with two attached hydrogens (primary N) is 1. The maximum absolute atomic E-state index is 13.6. The molecule has 0 amide bonds. The van der Waals surface area contributed by atoms with Gasteiger partial charge in [0.15, 0.2) is 0 Å². The molecule has 2 nitrogen and oxygen atoms in total. The summed E-state index contributed by atoms with van der Waals surface area (Å²) in [5.41, 5.74) is 7.07. The number of fused-ring (bicyclic) bond motifs is 2. The molecule has 1 aromatic carbocycles. The molecule has 1 aromatic rings. The summed E-state index contributed by atoms with van der Waals surface area (Å²) in [5.74, 6) is 0.424. The highest BCUT2D eigenvalue weighted by Gasteiger charge is 2.35. The largest absolute Gasteiger partial charge is 0.327 e. The number of rotatable bonds is 3. The maximum atomic E-state index is 13.6. The van der Waals surface area contributed by atoms with Crippen LogP contribution in [0, 0.1) is 11.7 Å². The molecule has 3 atom stereocenters. The third kappa shape index (κ3) is 2.43. The average Bonchev–Trinajstić information content (AvgIpc) is 2.71. The van der Waals surface area contributed by atoms with E-state index in [1.165, 1.54) is 18.9 Å². The first kappa shape index (κ1) is 12.1. The lowest BCUT2D eigenvalue weighted by atomic mass is 9.84. The minimum absolute atomic E-state index is 0.0899. The topological polar surface area (TPSA) is 38.0 Å².